The molecule has 1 aliphatic rings. The number of aliphatic hydroxyl groups is 1. The van der Waals surface area contributed by atoms with Gasteiger partial charge < -0.3 is 9.84 Å². The van der Waals surface area contributed by atoms with Crippen molar-refractivity contribution in [1.82, 2.24) is 4.90 Å². The molecule has 102 valence electrons. The largest absolute Gasteiger partial charge is 0.396 e. The first-order valence-corrected chi connectivity index (χ1v) is 7.16. The van der Waals surface area contributed by atoms with Gasteiger partial charge in [0.05, 0.1) is 6.61 Å². The van der Waals surface area contributed by atoms with Crippen LogP contribution in [0.15, 0.2) is 0 Å². The van der Waals surface area contributed by atoms with Crippen molar-refractivity contribution in [2.24, 2.45) is 5.92 Å². The Balaban J connectivity index is 2.04. The molecule has 1 aliphatic heterocycles. The summed E-state index contributed by atoms with van der Waals surface area (Å²) in [4.78, 5) is 2.53. The van der Waals surface area contributed by atoms with Crippen molar-refractivity contribution >= 4 is 0 Å². The van der Waals surface area contributed by atoms with Crippen LogP contribution in [0.5, 0.6) is 0 Å². The molecule has 1 saturated heterocycles. The van der Waals surface area contributed by atoms with E-state index in [4.69, 9.17) is 9.84 Å². The van der Waals surface area contributed by atoms with E-state index in [9.17, 15) is 0 Å². The molecule has 17 heavy (non-hydrogen) atoms. The highest BCUT2D eigenvalue weighted by Crippen LogP contribution is 2.20. The Morgan fingerprint density at radius 1 is 1.35 bits per heavy atom. The van der Waals surface area contributed by atoms with E-state index >= 15 is 0 Å². The van der Waals surface area contributed by atoms with Crippen LogP contribution >= 0.6 is 0 Å². The summed E-state index contributed by atoms with van der Waals surface area (Å²) in [5, 5.41) is 8.87. The minimum absolute atomic E-state index is 0.329. The third-order valence-electron chi connectivity index (χ3n) is 3.56. The molecule has 1 unspecified atom stereocenters. The molecule has 0 aromatic carbocycles. The smallest absolute Gasteiger partial charge is 0.0593 e. The number of rotatable bonds is 9. The van der Waals surface area contributed by atoms with Crippen LogP contribution in [0.4, 0.5) is 0 Å². The Morgan fingerprint density at radius 3 is 2.88 bits per heavy atom. The van der Waals surface area contributed by atoms with Crippen LogP contribution in [0.3, 0.4) is 0 Å². The van der Waals surface area contributed by atoms with Crippen molar-refractivity contribution in [2.45, 2.75) is 52.0 Å². The molecule has 0 spiro atoms. The Labute approximate surface area is 106 Å². The Kier molecular flexibility index (Phi) is 7.82. The molecule has 1 fully saturated rings. The van der Waals surface area contributed by atoms with E-state index in [1.54, 1.807) is 0 Å². The average molecular weight is 243 g/mol. The third-order valence-corrected chi connectivity index (χ3v) is 3.56. The van der Waals surface area contributed by atoms with Gasteiger partial charge in [-0.15, -0.1) is 0 Å². The lowest BCUT2D eigenvalue weighted by molar-refractivity contribution is 0.0898. The average Bonchev–Trinajstić information content (AvgIpc) is 2.73. The first-order chi connectivity index (χ1) is 8.24. The minimum Gasteiger partial charge on any atom is -0.396 e. The van der Waals surface area contributed by atoms with Gasteiger partial charge in [-0.2, -0.15) is 0 Å². The number of hydrogen-bond acceptors (Lipinski definition) is 3. The van der Waals surface area contributed by atoms with Crippen LogP contribution in [0.25, 0.3) is 0 Å². The summed E-state index contributed by atoms with van der Waals surface area (Å²) in [6.07, 6.45) is 5.85. The third kappa shape index (κ3) is 6.39. The summed E-state index contributed by atoms with van der Waals surface area (Å²) in [6, 6.07) is 0.691. The Bertz CT molecular complexity index is 185. The van der Waals surface area contributed by atoms with Crippen molar-refractivity contribution < 1.29 is 9.84 Å². The molecular weight excluding hydrogens is 214 g/mol. The van der Waals surface area contributed by atoms with Gasteiger partial charge in [0.15, 0.2) is 0 Å². The predicted molar refractivity (Wildman–Crippen MR) is 71.2 cm³/mol. The molecule has 1 rings (SSSR count). The molecule has 1 heterocycles. The van der Waals surface area contributed by atoms with E-state index in [1.807, 2.05) is 0 Å². The lowest BCUT2D eigenvalue weighted by atomic mass is 10.1. The van der Waals surface area contributed by atoms with E-state index in [0.717, 1.165) is 44.9 Å². The van der Waals surface area contributed by atoms with Crippen LogP contribution in [-0.2, 0) is 4.74 Å². The van der Waals surface area contributed by atoms with E-state index in [1.165, 1.54) is 19.4 Å². The zero-order chi connectivity index (χ0) is 12.5. The van der Waals surface area contributed by atoms with E-state index in [-0.39, 0.29) is 0 Å². The highest BCUT2D eigenvalue weighted by atomic mass is 16.5. The first-order valence-electron chi connectivity index (χ1n) is 7.16. The molecule has 1 N–H and O–H groups in total. The van der Waals surface area contributed by atoms with Crippen LogP contribution in [0, 0.1) is 5.92 Å². The maximum Gasteiger partial charge on any atom is 0.0593 e. The molecular formula is C14H29NO2. The lowest BCUT2D eigenvalue weighted by Crippen LogP contribution is -2.32. The minimum atomic E-state index is 0.329. The molecule has 0 saturated carbocycles. The van der Waals surface area contributed by atoms with Crippen molar-refractivity contribution in [3.8, 4) is 0 Å². The SMILES string of the molecule is CC(C)CCOCCN1CCCC1CCCO. The fraction of sp³-hybridized carbons (Fsp3) is 1.00. The van der Waals surface area contributed by atoms with E-state index in [0.29, 0.717) is 12.6 Å². The quantitative estimate of drug-likeness (QED) is 0.631. The summed E-state index contributed by atoms with van der Waals surface area (Å²) in [5.41, 5.74) is 0. The molecule has 0 radical (unpaired) electrons. The molecule has 1 atom stereocenters. The monoisotopic (exact) mass is 243 g/mol. The number of nitrogens with zero attached hydrogens (tertiary/aromatic N) is 1. The fourth-order valence-electron chi connectivity index (χ4n) is 2.45. The van der Waals surface area contributed by atoms with Crippen molar-refractivity contribution in [3.63, 3.8) is 0 Å². The van der Waals surface area contributed by atoms with Gasteiger partial charge in [0.2, 0.25) is 0 Å². The second-order valence-corrected chi connectivity index (χ2v) is 5.49. The second kappa shape index (κ2) is 8.90. The molecule has 0 amide bonds. The first kappa shape index (κ1) is 14.9. The van der Waals surface area contributed by atoms with Gasteiger partial charge in [0, 0.05) is 25.8 Å². The number of ether oxygens (including phenoxy) is 1. The van der Waals surface area contributed by atoms with Gasteiger partial charge in [-0.05, 0) is 44.6 Å². The molecule has 3 heteroatoms. The zero-order valence-electron chi connectivity index (χ0n) is 11.5. The number of likely N-dealkylation sites (tertiary alicyclic amines) is 1. The van der Waals surface area contributed by atoms with Gasteiger partial charge >= 0.3 is 0 Å². The summed E-state index contributed by atoms with van der Waals surface area (Å²) in [7, 11) is 0. The molecule has 0 aromatic heterocycles. The molecule has 0 aromatic rings. The van der Waals surface area contributed by atoms with Crippen LogP contribution in [0.1, 0.15) is 46.0 Å². The van der Waals surface area contributed by atoms with Crippen LogP contribution in [0.2, 0.25) is 0 Å². The normalized spacial score (nSPS) is 21.5. The topological polar surface area (TPSA) is 32.7 Å². The van der Waals surface area contributed by atoms with Crippen molar-refractivity contribution in [2.75, 3.05) is 32.9 Å². The summed E-state index contributed by atoms with van der Waals surface area (Å²) in [5.74, 6) is 0.735. The van der Waals surface area contributed by atoms with Gasteiger partial charge in [-0.3, -0.25) is 4.90 Å². The van der Waals surface area contributed by atoms with Gasteiger partial charge in [0.25, 0.3) is 0 Å². The van der Waals surface area contributed by atoms with Crippen LogP contribution < -0.4 is 0 Å². The second-order valence-electron chi connectivity index (χ2n) is 5.49. The summed E-state index contributed by atoms with van der Waals surface area (Å²) in [6.45, 7) is 8.83. The highest BCUT2D eigenvalue weighted by molar-refractivity contribution is 4.78. The number of hydrogen-bond donors (Lipinski definition) is 1. The lowest BCUT2D eigenvalue weighted by Gasteiger charge is -2.24. The van der Waals surface area contributed by atoms with Crippen molar-refractivity contribution in [1.29, 1.82) is 0 Å². The number of aliphatic hydroxyl groups excluding tert-OH is 1. The van der Waals surface area contributed by atoms with Gasteiger partial charge in [0.1, 0.15) is 0 Å². The van der Waals surface area contributed by atoms with Gasteiger partial charge in [-0.1, -0.05) is 13.8 Å². The van der Waals surface area contributed by atoms with E-state index in [2.05, 4.69) is 18.7 Å². The predicted octanol–water partition coefficient (Wildman–Crippen LogP) is 2.29. The highest BCUT2D eigenvalue weighted by Gasteiger charge is 2.23. The molecule has 0 aliphatic carbocycles. The maximum absolute atomic E-state index is 8.87. The fourth-order valence-corrected chi connectivity index (χ4v) is 2.45. The molecule has 0 bridgehead atoms. The zero-order valence-corrected chi connectivity index (χ0v) is 11.5. The Hall–Kier alpha value is -0.120. The van der Waals surface area contributed by atoms with E-state index < -0.39 is 0 Å². The standard InChI is InChI=1S/C14H29NO2/c1-13(2)7-11-17-12-9-15-8-3-5-14(15)6-4-10-16/h13-14,16H,3-12H2,1-2H3. The summed E-state index contributed by atoms with van der Waals surface area (Å²) < 4.78 is 5.67. The maximum atomic E-state index is 8.87. The summed E-state index contributed by atoms with van der Waals surface area (Å²) >= 11 is 0. The Morgan fingerprint density at radius 2 is 2.18 bits per heavy atom. The molecule has 3 nitrogen and oxygen atoms in total. The van der Waals surface area contributed by atoms with Crippen molar-refractivity contribution in [3.05, 3.63) is 0 Å². The van der Waals surface area contributed by atoms with Crippen LogP contribution in [-0.4, -0.2) is 49.0 Å². The van der Waals surface area contributed by atoms with Gasteiger partial charge in [-0.25, -0.2) is 0 Å².